The molecule has 0 bridgehead atoms. The molecular weight excluding hydrogens is 415 g/mol. The molecule has 2 aromatic carbocycles. The van der Waals surface area contributed by atoms with Crippen molar-refractivity contribution >= 4 is 29.1 Å². The Morgan fingerprint density at radius 1 is 1.13 bits per heavy atom. The van der Waals surface area contributed by atoms with Crippen LogP contribution in [0.1, 0.15) is 13.3 Å². The third-order valence-electron chi connectivity index (χ3n) is 4.74. The number of nitrogens with zero attached hydrogens (tertiary/aromatic N) is 2. The van der Waals surface area contributed by atoms with E-state index in [2.05, 4.69) is 5.32 Å². The summed E-state index contributed by atoms with van der Waals surface area (Å²) in [4.78, 5) is 39.5. The number of likely N-dealkylation sites (N-methyl/N-ethyl adjacent to an activating group) is 1. The fourth-order valence-corrected chi connectivity index (χ4v) is 3.10. The maximum Gasteiger partial charge on any atom is 0.267 e. The largest absolute Gasteiger partial charge is 0.479 e. The fraction of sp³-hybridized carbons (Fsp3) is 0.286. The van der Waals surface area contributed by atoms with Gasteiger partial charge in [-0.15, -0.1) is 0 Å². The van der Waals surface area contributed by atoms with Gasteiger partial charge in [0.2, 0.25) is 11.8 Å². The number of fused-ring (bicyclic) bond motifs is 1. The van der Waals surface area contributed by atoms with E-state index in [-0.39, 0.29) is 18.9 Å². The molecule has 0 unspecified atom stereocenters. The zero-order chi connectivity index (χ0) is 22.7. The van der Waals surface area contributed by atoms with Gasteiger partial charge >= 0.3 is 0 Å². The highest BCUT2D eigenvalue weighted by Crippen LogP contribution is 2.33. The Morgan fingerprint density at radius 3 is 2.58 bits per heavy atom. The van der Waals surface area contributed by atoms with Crippen molar-refractivity contribution < 1.29 is 32.3 Å². The van der Waals surface area contributed by atoms with E-state index in [1.165, 1.54) is 11.9 Å². The van der Waals surface area contributed by atoms with E-state index >= 15 is 0 Å². The van der Waals surface area contributed by atoms with Gasteiger partial charge in [0.1, 0.15) is 5.75 Å². The summed E-state index contributed by atoms with van der Waals surface area (Å²) in [5, 5.41) is 2.10. The van der Waals surface area contributed by atoms with Gasteiger partial charge in [-0.1, -0.05) is 12.1 Å². The van der Waals surface area contributed by atoms with Gasteiger partial charge in [0, 0.05) is 20.0 Å². The van der Waals surface area contributed by atoms with Gasteiger partial charge in [0.05, 0.1) is 17.9 Å². The molecule has 0 aliphatic carbocycles. The van der Waals surface area contributed by atoms with E-state index in [9.17, 15) is 27.6 Å². The highest BCUT2D eigenvalue weighted by Gasteiger charge is 2.31. The second-order valence-corrected chi connectivity index (χ2v) is 6.99. The first kappa shape index (κ1) is 22.1. The number of carbonyl (C=O) groups excluding carboxylic acids is 3. The van der Waals surface area contributed by atoms with Gasteiger partial charge in [-0.05, 0) is 31.2 Å². The summed E-state index contributed by atoms with van der Waals surface area (Å²) in [5.74, 6) is -5.60. The van der Waals surface area contributed by atoms with E-state index in [1.54, 1.807) is 31.2 Å². The van der Waals surface area contributed by atoms with Crippen LogP contribution in [0.2, 0.25) is 0 Å². The van der Waals surface area contributed by atoms with Crippen molar-refractivity contribution in [3.05, 3.63) is 53.8 Å². The molecule has 0 fully saturated rings. The number of hydrogen-bond donors (Lipinski definition) is 1. The molecule has 31 heavy (non-hydrogen) atoms. The summed E-state index contributed by atoms with van der Waals surface area (Å²) in [6.45, 7) is 1.24. The summed E-state index contributed by atoms with van der Waals surface area (Å²) >= 11 is 0. The first-order valence-corrected chi connectivity index (χ1v) is 9.43. The van der Waals surface area contributed by atoms with Gasteiger partial charge < -0.3 is 19.9 Å². The van der Waals surface area contributed by atoms with Crippen LogP contribution < -0.4 is 15.0 Å². The molecule has 0 saturated carbocycles. The number of rotatable bonds is 6. The van der Waals surface area contributed by atoms with Gasteiger partial charge in [0.25, 0.3) is 5.91 Å². The van der Waals surface area contributed by atoms with Gasteiger partial charge in [-0.3, -0.25) is 14.4 Å². The number of hydrogen-bond acceptors (Lipinski definition) is 4. The third kappa shape index (κ3) is 4.79. The molecule has 0 spiro atoms. The number of para-hydroxylation sites is 2. The normalized spacial score (nSPS) is 15.2. The maximum atomic E-state index is 13.7. The van der Waals surface area contributed by atoms with E-state index in [4.69, 9.17) is 4.74 Å². The molecule has 10 heteroatoms. The smallest absolute Gasteiger partial charge is 0.267 e. The molecule has 1 heterocycles. The predicted molar refractivity (Wildman–Crippen MR) is 106 cm³/mol. The van der Waals surface area contributed by atoms with Crippen LogP contribution in [-0.4, -0.2) is 48.9 Å². The number of halogens is 3. The summed E-state index contributed by atoms with van der Waals surface area (Å²) < 4.78 is 45.5. The lowest BCUT2D eigenvalue weighted by Crippen LogP contribution is -2.46. The highest BCUT2D eigenvalue weighted by atomic mass is 19.2. The Hall–Kier alpha value is -3.56. The molecule has 1 aliphatic heterocycles. The van der Waals surface area contributed by atoms with Crippen LogP contribution in [0.3, 0.4) is 0 Å². The molecule has 0 aromatic heterocycles. The van der Waals surface area contributed by atoms with E-state index < -0.39 is 47.6 Å². The standard InChI is InChI=1S/C21H20F3N3O4/c1-12-21(30)27(15-5-3-4-6-16(15)31-12)10-9-18(29)26(2)11-17(28)25-14-8-7-13(22)19(23)20(14)24/h3-8,12H,9-11H2,1-2H3,(H,25,28)/t12-/m1/s1. The van der Waals surface area contributed by atoms with E-state index in [0.717, 1.165) is 11.0 Å². The quantitative estimate of drug-likeness (QED) is 0.708. The monoisotopic (exact) mass is 435 g/mol. The van der Waals surface area contributed by atoms with E-state index in [0.29, 0.717) is 17.5 Å². The van der Waals surface area contributed by atoms with Gasteiger partial charge in [-0.25, -0.2) is 13.2 Å². The molecule has 2 aromatic rings. The van der Waals surface area contributed by atoms with Crippen molar-refractivity contribution in [3.8, 4) is 5.75 Å². The van der Waals surface area contributed by atoms with Crippen molar-refractivity contribution in [1.82, 2.24) is 4.90 Å². The zero-order valence-corrected chi connectivity index (χ0v) is 16.8. The topological polar surface area (TPSA) is 79.0 Å². The second kappa shape index (κ2) is 9.07. The molecule has 1 aliphatic rings. The first-order valence-electron chi connectivity index (χ1n) is 9.43. The van der Waals surface area contributed by atoms with Gasteiger partial charge in [-0.2, -0.15) is 0 Å². The Kier molecular flexibility index (Phi) is 6.47. The number of ether oxygens (including phenoxy) is 1. The summed E-state index contributed by atoms with van der Waals surface area (Å²) in [5.41, 5.74) is 0.0156. The second-order valence-electron chi connectivity index (χ2n) is 6.99. The Labute approximate surface area is 176 Å². The number of anilines is 2. The Morgan fingerprint density at radius 2 is 1.84 bits per heavy atom. The minimum atomic E-state index is -1.70. The third-order valence-corrected chi connectivity index (χ3v) is 4.74. The lowest BCUT2D eigenvalue weighted by molar-refractivity contribution is -0.133. The highest BCUT2D eigenvalue weighted by molar-refractivity contribution is 6.00. The molecule has 1 atom stereocenters. The average molecular weight is 435 g/mol. The molecule has 0 saturated heterocycles. The number of amides is 3. The summed E-state index contributed by atoms with van der Waals surface area (Å²) in [7, 11) is 1.36. The Balaban J connectivity index is 1.58. The summed E-state index contributed by atoms with van der Waals surface area (Å²) in [6.07, 6.45) is -0.768. The van der Waals surface area contributed by atoms with Crippen molar-refractivity contribution in [3.63, 3.8) is 0 Å². The van der Waals surface area contributed by atoms with Crippen LogP contribution in [0, 0.1) is 17.5 Å². The number of carbonyl (C=O) groups is 3. The van der Waals surface area contributed by atoms with Gasteiger partial charge in [0.15, 0.2) is 23.6 Å². The van der Waals surface area contributed by atoms with Crippen molar-refractivity contribution in [2.45, 2.75) is 19.4 Å². The maximum absolute atomic E-state index is 13.7. The summed E-state index contributed by atoms with van der Waals surface area (Å²) in [6, 6.07) is 8.51. The molecule has 164 valence electrons. The predicted octanol–water partition coefficient (Wildman–Crippen LogP) is 2.71. The van der Waals surface area contributed by atoms with Crippen LogP contribution in [0.25, 0.3) is 0 Å². The number of benzene rings is 2. The SMILES string of the molecule is C[C@H]1Oc2ccccc2N(CCC(=O)N(C)CC(=O)Nc2ccc(F)c(F)c2F)C1=O. The molecule has 3 rings (SSSR count). The van der Waals surface area contributed by atoms with Crippen molar-refractivity contribution in [1.29, 1.82) is 0 Å². The van der Waals surface area contributed by atoms with Crippen LogP contribution in [0.5, 0.6) is 5.75 Å². The molecular formula is C21H20F3N3O4. The minimum Gasteiger partial charge on any atom is -0.479 e. The van der Waals surface area contributed by atoms with Crippen molar-refractivity contribution in [2.24, 2.45) is 0 Å². The lowest BCUT2D eigenvalue weighted by Gasteiger charge is -2.33. The zero-order valence-electron chi connectivity index (χ0n) is 16.8. The van der Waals surface area contributed by atoms with Crippen molar-refractivity contribution in [2.75, 3.05) is 30.4 Å². The van der Waals surface area contributed by atoms with Crippen LogP contribution >= 0.6 is 0 Å². The first-order chi connectivity index (χ1) is 14.7. The molecule has 7 nitrogen and oxygen atoms in total. The molecule has 1 N–H and O–H groups in total. The lowest BCUT2D eigenvalue weighted by atomic mass is 10.1. The average Bonchev–Trinajstić information content (AvgIpc) is 2.74. The Bertz CT molecular complexity index is 1030. The molecule has 3 amide bonds. The van der Waals surface area contributed by atoms with Crippen LogP contribution in [0.4, 0.5) is 24.5 Å². The minimum absolute atomic E-state index is 0.0733. The van der Waals surface area contributed by atoms with Crippen LogP contribution in [-0.2, 0) is 14.4 Å². The van der Waals surface area contributed by atoms with Crippen LogP contribution in [0.15, 0.2) is 36.4 Å². The molecule has 0 radical (unpaired) electrons. The fourth-order valence-electron chi connectivity index (χ4n) is 3.10. The van der Waals surface area contributed by atoms with E-state index in [1.807, 2.05) is 0 Å². The number of nitrogens with one attached hydrogen (secondary N) is 1.